The molecule has 0 unspecified atom stereocenters. The minimum absolute atomic E-state index is 0.0359. The Kier molecular flexibility index (Phi) is 11.5. The van der Waals surface area contributed by atoms with Crippen molar-refractivity contribution in [2.75, 3.05) is 6.61 Å². The second-order valence-corrected chi connectivity index (χ2v) is 7.32. The number of benzene rings is 1. The lowest BCUT2D eigenvalue weighted by atomic mass is 9.88. The van der Waals surface area contributed by atoms with Gasteiger partial charge in [0.1, 0.15) is 0 Å². The molecule has 0 aliphatic rings. The molecule has 0 saturated carbocycles. The smallest absolute Gasteiger partial charge is 0.309 e. The fourth-order valence-electron chi connectivity index (χ4n) is 2.48. The molecule has 0 N–H and O–H groups in total. The van der Waals surface area contributed by atoms with E-state index in [1.54, 1.807) is 0 Å². The van der Waals surface area contributed by atoms with Crippen molar-refractivity contribution in [2.24, 2.45) is 23.7 Å². The SMILES string of the molecule is CC(C)Cc1ccccc1.CCOC(=O)[C@H](CC(C)C)C(C)C. The van der Waals surface area contributed by atoms with Crippen molar-refractivity contribution >= 4 is 5.97 Å². The van der Waals surface area contributed by atoms with Crippen LogP contribution in [0.2, 0.25) is 0 Å². The van der Waals surface area contributed by atoms with Gasteiger partial charge in [-0.3, -0.25) is 4.79 Å². The zero-order valence-electron chi connectivity index (χ0n) is 16.1. The van der Waals surface area contributed by atoms with Crippen LogP contribution in [0.15, 0.2) is 30.3 Å². The average Bonchev–Trinajstić information content (AvgIpc) is 2.45. The second-order valence-electron chi connectivity index (χ2n) is 7.32. The second kappa shape index (κ2) is 12.2. The highest BCUT2D eigenvalue weighted by Gasteiger charge is 2.23. The first kappa shape index (κ1) is 21.7. The maximum Gasteiger partial charge on any atom is 0.309 e. The van der Waals surface area contributed by atoms with Gasteiger partial charge in [-0.05, 0) is 43.1 Å². The largest absolute Gasteiger partial charge is 0.466 e. The van der Waals surface area contributed by atoms with Crippen LogP contribution in [0.4, 0.5) is 0 Å². The molecule has 0 fully saturated rings. The zero-order valence-corrected chi connectivity index (χ0v) is 16.1. The van der Waals surface area contributed by atoms with Gasteiger partial charge in [-0.25, -0.2) is 0 Å². The maximum atomic E-state index is 11.5. The molecule has 0 spiro atoms. The van der Waals surface area contributed by atoms with Crippen LogP contribution in [0.25, 0.3) is 0 Å². The van der Waals surface area contributed by atoms with E-state index in [0.29, 0.717) is 18.4 Å². The highest BCUT2D eigenvalue weighted by Crippen LogP contribution is 2.21. The summed E-state index contributed by atoms with van der Waals surface area (Å²) in [5.74, 6) is 1.73. The number of rotatable bonds is 7. The number of ether oxygens (including phenoxy) is 1. The molecule has 0 saturated heterocycles. The van der Waals surface area contributed by atoms with Crippen LogP contribution >= 0.6 is 0 Å². The third-order valence-corrected chi connectivity index (χ3v) is 3.61. The van der Waals surface area contributed by atoms with Crippen molar-refractivity contribution < 1.29 is 9.53 Å². The van der Waals surface area contributed by atoms with Gasteiger partial charge < -0.3 is 4.74 Å². The summed E-state index contributed by atoms with van der Waals surface area (Å²) >= 11 is 0. The lowest BCUT2D eigenvalue weighted by Gasteiger charge is -2.20. The molecule has 0 aliphatic carbocycles. The minimum atomic E-state index is -0.0359. The standard InChI is InChI=1S/C11H22O2.C10H14/c1-6-13-11(12)10(9(4)5)7-8(2)3;1-9(2)8-10-6-4-3-5-7-10/h8-10H,6-7H2,1-5H3;3-7,9H,8H2,1-2H3/t10-;/m1./s1. The molecule has 0 bridgehead atoms. The van der Waals surface area contributed by atoms with Gasteiger partial charge in [-0.15, -0.1) is 0 Å². The summed E-state index contributed by atoms with van der Waals surface area (Å²) in [7, 11) is 0. The maximum absolute atomic E-state index is 11.5. The summed E-state index contributed by atoms with van der Waals surface area (Å²) in [6.07, 6.45) is 2.12. The Labute approximate surface area is 143 Å². The Morgan fingerprint density at radius 3 is 1.91 bits per heavy atom. The Morgan fingerprint density at radius 1 is 0.957 bits per heavy atom. The Hall–Kier alpha value is -1.31. The Morgan fingerprint density at radius 2 is 1.52 bits per heavy atom. The molecule has 1 aromatic carbocycles. The summed E-state index contributed by atoms with van der Waals surface area (Å²) in [4.78, 5) is 11.5. The van der Waals surface area contributed by atoms with Gasteiger partial charge in [-0.1, -0.05) is 71.9 Å². The molecule has 0 heterocycles. The van der Waals surface area contributed by atoms with Crippen LogP contribution in [0.3, 0.4) is 0 Å². The summed E-state index contributed by atoms with van der Waals surface area (Å²) < 4.78 is 5.03. The number of esters is 1. The third-order valence-electron chi connectivity index (χ3n) is 3.61. The van der Waals surface area contributed by atoms with Crippen molar-refractivity contribution in [1.82, 2.24) is 0 Å². The van der Waals surface area contributed by atoms with E-state index in [9.17, 15) is 4.79 Å². The van der Waals surface area contributed by atoms with Gasteiger partial charge in [0, 0.05) is 0 Å². The van der Waals surface area contributed by atoms with E-state index in [4.69, 9.17) is 4.74 Å². The van der Waals surface area contributed by atoms with Crippen LogP contribution in [0.5, 0.6) is 0 Å². The van der Waals surface area contributed by atoms with Gasteiger partial charge in [0.15, 0.2) is 0 Å². The van der Waals surface area contributed by atoms with Crippen LogP contribution < -0.4 is 0 Å². The molecule has 1 atom stereocenters. The fraction of sp³-hybridized carbons (Fsp3) is 0.667. The van der Waals surface area contributed by atoms with E-state index < -0.39 is 0 Å². The van der Waals surface area contributed by atoms with Crippen LogP contribution in [-0.4, -0.2) is 12.6 Å². The van der Waals surface area contributed by atoms with Crippen molar-refractivity contribution in [2.45, 2.75) is 61.3 Å². The number of hydrogen-bond acceptors (Lipinski definition) is 2. The predicted molar refractivity (Wildman–Crippen MR) is 99.4 cm³/mol. The molecule has 0 amide bonds. The van der Waals surface area contributed by atoms with Crippen LogP contribution in [0.1, 0.15) is 60.5 Å². The summed E-state index contributed by atoms with van der Waals surface area (Å²) in [5.41, 5.74) is 1.44. The molecular weight excluding hydrogens is 284 g/mol. The van der Waals surface area contributed by atoms with Gasteiger partial charge in [0.2, 0.25) is 0 Å². The Bertz CT molecular complexity index is 407. The van der Waals surface area contributed by atoms with Crippen molar-refractivity contribution in [3.05, 3.63) is 35.9 Å². The first-order chi connectivity index (χ1) is 10.8. The van der Waals surface area contributed by atoms with Crippen molar-refractivity contribution in [3.8, 4) is 0 Å². The minimum Gasteiger partial charge on any atom is -0.466 e. The van der Waals surface area contributed by atoms with E-state index in [1.165, 1.54) is 12.0 Å². The topological polar surface area (TPSA) is 26.3 Å². The van der Waals surface area contributed by atoms with Crippen LogP contribution in [-0.2, 0) is 16.0 Å². The third kappa shape index (κ3) is 11.0. The van der Waals surface area contributed by atoms with E-state index in [1.807, 2.05) is 6.92 Å². The number of carbonyl (C=O) groups excluding carboxylic acids is 1. The van der Waals surface area contributed by atoms with E-state index >= 15 is 0 Å². The molecule has 23 heavy (non-hydrogen) atoms. The summed E-state index contributed by atoms with van der Waals surface area (Å²) in [5, 5.41) is 0. The molecule has 1 rings (SSSR count). The van der Waals surface area contributed by atoms with Gasteiger partial charge in [0.05, 0.1) is 12.5 Å². The van der Waals surface area contributed by atoms with E-state index in [2.05, 4.69) is 71.9 Å². The highest BCUT2D eigenvalue weighted by molar-refractivity contribution is 5.72. The molecule has 0 aromatic heterocycles. The summed E-state index contributed by atoms with van der Waals surface area (Å²) in [6, 6.07) is 10.6. The molecule has 2 heteroatoms. The number of carbonyl (C=O) groups is 1. The lowest BCUT2D eigenvalue weighted by molar-refractivity contribution is -0.150. The van der Waals surface area contributed by atoms with Gasteiger partial charge >= 0.3 is 5.97 Å². The number of hydrogen-bond donors (Lipinski definition) is 0. The van der Waals surface area contributed by atoms with E-state index in [-0.39, 0.29) is 11.9 Å². The molecule has 0 radical (unpaired) electrons. The van der Waals surface area contributed by atoms with Crippen molar-refractivity contribution in [3.63, 3.8) is 0 Å². The molecule has 0 aliphatic heterocycles. The molecule has 1 aromatic rings. The monoisotopic (exact) mass is 320 g/mol. The highest BCUT2D eigenvalue weighted by atomic mass is 16.5. The average molecular weight is 321 g/mol. The summed E-state index contributed by atoms with van der Waals surface area (Å²) in [6.45, 7) is 15.2. The van der Waals surface area contributed by atoms with Crippen molar-refractivity contribution in [1.29, 1.82) is 0 Å². The fourth-order valence-corrected chi connectivity index (χ4v) is 2.48. The van der Waals surface area contributed by atoms with Crippen LogP contribution in [0, 0.1) is 23.7 Å². The van der Waals surface area contributed by atoms with E-state index in [0.717, 1.165) is 12.3 Å². The van der Waals surface area contributed by atoms with Gasteiger partial charge in [0.25, 0.3) is 0 Å². The van der Waals surface area contributed by atoms with Gasteiger partial charge in [-0.2, -0.15) is 0 Å². The predicted octanol–water partition coefficient (Wildman–Crippen LogP) is 5.75. The molecular formula is C21H36O2. The molecule has 132 valence electrons. The first-order valence-corrected chi connectivity index (χ1v) is 8.98. The molecule has 2 nitrogen and oxygen atoms in total. The zero-order chi connectivity index (χ0) is 17.8. The quantitative estimate of drug-likeness (QED) is 0.598. The lowest BCUT2D eigenvalue weighted by Crippen LogP contribution is -2.24. The Balaban J connectivity index is 0.000000433. The first-order valence-electron chi connectivity index (χ1n) is 8.98. The normalized spacial score (nSPS) is 12.1.